The normalized spacial score (nSPS) is 11.8. The minimum absolute atomic E-state index is 0.303. The lowest BCUT2D eigenvalue weighted by atomic mass is 10.2. The van der Waals surface area contributed by atoms with Crippen LogP contribution < -0.4 is 0 Å². The SMILES string of the molecule is CN(C)S(=O)(=O)c1cccc(CSc2nccn2-c2ccc(Br)cc2)c1. The number of rotatable bonds is 6. The van der Waals surface area contributed by atoms with Gasteiger partial charge < -0.3 is 0 Å². The van der Waals surface area contributed by atoms with E-state index in [0.717, 1.165) is 20.9 Å². The summed E-state index contributed by atoms with van der Waals surface area (Å²) in [5.41, 5.74) is 1.96. The van der Waals surface area contributed by atoms with Crippen molar-refractivity contribution in [3.63, 3.8) is 0 Å². The molecule has 0 saturated carbocycles. The lowest BCUT2D eigenvalue weighted by molar-refractivity contribution is 0.520. The summed E-state index contributed by atoms with van der Waals surface area (Å²) >= 11 is 5.00. The molecule has 0 saturated heterocycles. The molecule has 0 aliphatic heterocycles. The summed E-state index contributed by atoms with van der Waals surface area (Å²) in [6.07, 6.45) is 3.68. The summed E-state index contributed by atoms with van der Waals surface area (Å²) in [5, 5.41) is 0.855. The molecule has 1 aromatic heterocycles. The van der Waals surface area contributed by atoms with E-state index in [4.69, 9.17) is 0 Å². The first kappa shape index (κ1) is 19.2. The predicted octanol–water partition coefficient (Wildman–Crippen LogP) is 4.18. The van der Waals surface area contributed by atoms with Crippen LogP contribution in [-0.2, 0) is 15.8 Å². The molecule has 0 spiro atoms. The molecule has 136 valence electrons. The van der Waals surface area contributed by atoms with Crippen molar-refractivity contribution in [1.82, 2.24) is 13.9 Å². The Hall–Kier alpha value is -1.61. The van der Waals surface area contributed by atoms with E-state index in [2.05, 4.69) is 20.9 Å². The highest BCUT2D eigenvalue weighted by Crippen LogP contribution is 2.26. The van der Waals surface area contributed by atoms with Gasteiger partial charge in [-0.15, -0.1) is 0 Å². The molecule has 0 amide bonds. The second-order valence-corrected chi connectivity index (χ2v) is 9.79. The Labute approximate surface area is 166 Å². The van der Waals surface area contributed by atoms with Gasteiger partial charge in [0.25, 0.3) is 0 Å². The van der Waals surface area contributed by atoms with Gasteiger partial charge in [-0.05, 0) is 42.0 Å². The maximum atomic E-state index is 12.3. The number of hydrogen-bond acceptors (Lipinski definition) is 4. The number of halogens is 1. The summed E-state index contributed by atoms with van der Waals surface area (Å²) in [7, 11) is -0.361. The fourth-order valence-corrected chi connectivity index (χ4v) is 4.50. The average Bonchev–Trinajstić information content (AvgIpc) is 3.09. The number of imidazole rings is 1. The minimum atomic E-state index is -3.43. The van der Waals surface area contributed by atoms with Crippen molar-refractivity contribution < 1.29 is 8.42 Å². The highest BCUT2D eigenvalue weighted by atomic mass is 79.9. The van der Waals surface area contributed by atoms with E-state index in [1.807, 2.05) is 41.1 Å². The van der Waals surface area contributed by atoms with E-state index in [1.165, 1.54) is 18.4 Å². The zero-order valence-corrected chi connectivity index (χ0v) is 17.6. The summed E-state index contributed by atoms with van der Waals surface area (Å²) < 4.78 is 28.8. The van der Waals surface area contributed by atoms with Crippen molar-refractivity contribution in [3.05, 3.63) is 71.0 Å². The minimum Gasteiger partial charge on any atom is -0.295 e. The van der Waals surface area contributed by atoms with Crippen LogP contribution in [0.2, 0.25) is 0 Å². The number of sulfonamides is 1. The zero-order chi connectivity index (χ0) is 18.7. The predicted molar refractivity (Wildman–Crippen MR) is 108 cm³/mol. The van der Waals surface area contributed by atoms with Crippen LogP contribution in [0.15, 0.2) is 75.4 Å². The maximum absolute atomic E-state index is 12.3. The van der Waals surface area contributed by atoms with Crippen LogP contribution in [0.1, 0.15) is 5.56 Å². The molecule has 3 rings (SSSR count). The van der Waals surface area contributed by atoms with Gasteiger partial charge in [0, 0.05) is 42.4 Å². The van der Waals surface area contributed by atoms with Gasteiger partial charge in [-0.3, -0.25) is 4.57 Å². The molecule has 5 nitrogen and oxygen atoms in total. The van der Waals surface area contributed by atoms with Crippen molar-refractivity contribution >= 4 is 37.7 Å². The van der Waals surface area contributed by atoms with Crippen LogP contribution in [0.25, 0.3) is 5.69 Å². The zero-order valence-electron chi connectivity index (χ0n) is 14.3. The van der Waals surface area contributed by atoms with E-state index in [-0.39, 0.29) is 0 Å². The quantitative estimate of drug-likeness (QED) is 0.527. The van der Waals surface area contributed by atoms with E-state index < -0.39 is 10.0 Å². The summed E-state index contributed by atoms with van der Waals surface area (Å²) in [6.45, 7) is 0. The van der Waals surface area contributed by atoms with Crippen LogP contribution in [0.3, 0.4) is 0 Å². The molecule has 0 fully saturated rings. The molecular formula is C18H18BrN3O2S2. The smallest absolute Gasteiger partial charge is 0.242 e. The number of hydrogen-bond donors (Lipinski definition) is 0. The van der Waals surface area contributed by atoms with E-state index in [9.17, 15) is 8.42 Å². The van der Waals surface area contributed by atoms with Crippen LogP contribution in [-0.4, -0.2) is 36.4 Å². The van der Waals surface area contributed by atoms with E-state index in [1.54, 1.807) is 36.2 Å². The molecule has 26 heavy (non-hydrogen) atoms. The molecule has 0 unspecified atom stereocenters. The van der Waals surface area contributed by atoms with Crippen molar-refractivity contribution in [3.8, 4) is 5.69 Å². The van der Waals surface area contributed by atoms with Gasteiger partial charge in [0.15, 0.2) is 5.16 Å². The molecule has 2 aromatic carbocycles. The van der Waals surface area contributed by atoms with Gasteiger partial charge in [-0.2, -0.15) is 0 Å². The Morgan fingerprint density at radius 3 is 2.58 bits per heavy atom. The third-order valence-electron chi connectivity index (χ3n) is 3.76. The second-order valence-electron chi connectivity index (χ2n) is 5.78. The van der Waals surface area contributed by atoms with Gasteiger partial charge in [-0.1, -0.05) is 39.8 Å². The fraction of sp³-hybridized carbons (Fsp3) is 0.167. The first-order valence-electron chi connectivity index (χ1n) is 7.81. The number of nitrogens with zero attached hydrogens (tertiary/aromatic N) is 3. The van der Waals surface area contributed by atoms with Crippen molar-refractivity contribution in [2.75, 3.05) is 14.1 Å². The third-order valence-corrected chi connectivity index (χ3v) is 7.13. The Kier molecular flexibility index (Phi) is 5.86. The summed E-state index contributed by atoms with van der Waals surface area (Å²) in [5.74, 6) is 0.629. The Morgan fingerprint density at radius 1 is 1.15 bits per heavy atom. The van der Waals surface area contributed by atoms with Crippen molar-refractivity contribution in [1.29, 1.82) is 0 Å². The van der Waals surface area contributed by atoms with Crippen LogP contribution in [0.4, 0.5) is 0 Å². The molecule has 1 heterocycles. The van der Waals surface area contributed by atoms with Crippen molar-refractivity contribution in [2.45, 2.75) is 15.8 Å². The van der Waals surface area contributed by atoms with Crippen LogP contribution in [0.5, 0.6) is 0 Å². The van der Waals surface area contributed by atoms with Crippen LogP contribution >= 0.6 is 27.7 Å². The topological polar surface area (TPSA) is 55.2 Å². The van der Waals surface area contributed by atoms with E-state index in [0.29, 0.717) is 10.6 Å². The van der Waals surface area contributed by atoms with Gasteiger partial charge in [0.05, 0.1) is 4.90 Å². The highest BCUT2D eigenvalue weighted by Gasteiger charge is 2.17. The molecule has 0 N–H and O–H groups in total. The summed E-state index contributed by atoms with van der Waals surface area (Å²) in [6, 6.07) is 15.0. The number of thioether (sulfide) groups is 1. The Balaban J connectivity index is 1.79. The molecular weight excluding hydrogens is 434 g/mol. The second kappa shape index (κ2) is 7.96. The molecule has 8 heteroatoms. The van der Waals surface area contributed by atoms with Crippen molar-refractivity contribution in [2.24, 2.45) is 0 Å². The Morgan fingerprint density at radius 2 is 1.88 bits per heavy atom. The molecule has 0 atom stereocenters. The lowest BCUT2D eigenvalue weighted by Gasteiger charge is -2.12. The molecule has 0 aliphatic carbocycles. The standard InChI is InChI=1S/C18H18BrN3O2S2/c1-21(2)26(23,24)17-5-3-4-14(12-17)13-25-18-20-10-11-22(18)16-8-6-15(19)7-9-16/h3-12H,13H2,1-2H3. The van der Waals surface area contributed by atoms with Crippen LogP contribution in [0, 0.1) is 0 Å². The Bertz CT molecular complexity index is 999. The summed E-state index contributed by atoms with van der Waals surface area (Å²) in [4.78, 5) is 4.72. The van der Waals surface area contributed by atoms with E-state index >= 15 is 0 Å². The van der Waals surface area contributed by atoms with Gasteiger partial charge in [0.2, 0.25) is 10.0 Å². The van der Waals surface area contributed by atoms with Gasteiger partial charge in [-0.25, -0.2) is 17.7 Å². The largest absolute Gasteiger partial charge is 0.295 e. The molecule has 0 radical (unpaired) electrons. The highest BCUT2D eigenvalue weighted by molar-refractivity contribution is 9.10. The molecule has 0 aliphatic rings. The number of benzene rings is 2. The fourth-order valence-electron chi connectivity index (χ4n) is 2.35. The third kappa shape index (κ3) is 4.20. The first-order chi connectivity index (χ1) is 12.4. The maximum Gasteiger partial charge on any atom is 0.242 e. The molecule has 0 bridgehead atoms. The lowest BCUT2D eigenvalue weighted by Crippen LogP contribution is -2.22. The number of aromatic nitrogens is 2. The monoisotopic (exact) mass is 451 g/mol. The first-order valence-corrected chi connectivity index (χ1v) is 11.0. The molecule has 3 aromatic rings. The van der Waals surface area contributed by atoms with Gasteiger partial charge in [0.1, 0.15) is 0 Å². The van der Waals surface area contributed by atoms with Gasteiger partial charge >= 0.3 is 0 Å². The average molecular weight is 452 g/mol.